The normalized spacial score (nSPS) is 10.2. The molecule has 0 unspecified atom stereocenters. The maximum absolute atomic E-state index is 11.4. The summed E-state index contributed by atoms with van der Waals surface area (Å²) in [6.45, 7) is 3.75. The van der Waals surface area contributed by atoms with E-state index in [-0.39, 0.29) is 12.1 Å². The zero-order valence-corrected chi connectivity index (χ0v) is 9.99. The van der Waals surface area contributed by atoms with Crippen LogP contribution in [0.5, 0.6) is 0 Å². The predicted octanol–water partition coefficient (Wildman–Crippen LogP) is 3.52. The van der Waals surface area contributed by atoms with Gasteiger partial charge in [0.05, 0.1) is 10.7 Å². The number of halogens is 2. The summed E-state index contributed by atoms with van der Waals surface area (Å²) in [6.07, 6.45) is 0. The van der Waals surface area contributed by atoms with Crippen molar-refractivity contribution in [2.45, 2.75) is 19.9 Å². The zero-order valence-electron chi connectivity index (χ0n) is 8.47. The summed E-state index contributed by atoms with van der Waals surface area (Å²) < 4.78 is 0. The van der Waals surface area contributed by atoms with E-state index in [1.807, 2.05) is 13.8 Å². The van der Waals surface area contributed by atoms with Gasteiger partial charge in [-0.05, 0) is 32.0 Å². The summed E-state index contributed by atoms with van der Waals surface area (Å²) in [6, 6.07) is 4.67. The van der Waals surface area contributed by atoms with Crippen molar-refractivity contribution in [1.29, 1.82) is 0 Å². The Balaban J connectivity index is 2.71. The van der Waals surface area contributed by atoms with Crippen LogP contribution in [0.4, 0.5) is 10.5 Å². The van der Waals surface area contributed by atoms with Crippen LogP contribution in [-0.2, 0) is 0 Å². The quantitative estimate of drug-likeness (QED) is 0.824. The molecule has 5 heteroatoms. The summed E-state index contributed by atoms with van der Waals surface area (Å²) in [5.74, 6) is 0. The van der Waals surface area contributed by atoms with Crippen molar-refractivity contribution >= 4 is 34.9 Å². The Kier molecular flexibility index (Phi) is 4.24. The molecule has 0 saturated heterocycles. The van der Waals surface area contributed by atoms with Crippen LogP contribution in [0.3, 0.4) is 0 Å². The molecule has 82 valence electrons. The van der Waals surface area contributed by atoms with Gasteiger partial charge < -0.3 is 10.6 Å². The standard InChI is InChI=1S/C10H12Cl2N2O/c1-6(2)13-10(15)14-9-5-7(11)3-4-8(9)12/h3-6H,1-2H3,(H2,13,14,15). The first-order chi connectivity index (χ1) is 6.99. The molecule has 0 atom stereocenters. The lowest BCUT2D eigenvalue weighted by atomic mass is 10.3. The second kappa shape index (κ2) is 5.24. The van der Waals surface area contributed by atoms with E-state index in [0.29, 0.717) is 15.7 Å². The lowest BCUT2D eigenvalue weighted by Gasteiger charge is -2.11. The van der Waals surface area contributed by atoms with Gasteiger partial charge in [0, 0.05) is 11.1 Å². The molecule has 0 aromatic heterocycles. The Morgan fingerprint density at radius 2 is 2.00 bits per heavy atom. The topological polar surface area (TPSA) is 41.1 Å². The third kappa shape index (κ3) is 3.98. The Bertz CT molecular complexity index is 366. The number of amides is 2. The van der Waals surface area contributed by atoms with Crippen molar-refractivity contribution < 1.29 is 4.79 Å². The Hall–Kier alpha value is -0.930. The number of hydrogen-bond acceptors (Lipinski definition) is 1. The number of hydrogen-bond donors (Lipinski definition) is 2. The maximum Gasteiger partial charge on any atom is 0.319 e. The van der Waals surface area contributed by atoms with E-state index in [1.165, 1.54) is 0 Å². The van der Waals surface area contributed by atoms with Crippen molar-refractivity contribution in [2.75, 3.05) is 5.32 Å². The molecule has 2 N–H and O–H groups in total. The molecular formula is C10H12Cl2N2O. The molecule has 0 aliphatic carbocycles. The molecule has 3 nitrogen and oxygen atoms in total. The van der Waals surface area contributed by atoms with Gasteiger partial charge in [-0.1, -0.05) is 23.2 Å². The summed E-state index contributed by atoms with van der Waals surface area (Å²) in [7, 11) is 0. The van der Waals surface area contributed by atoms with Gasteiger partial charge in [0.15, 0.2) is 0 Å². The molecule has 15 heavy (non-hydrogen) atoms. The highest BCUT2D eigenvalue weighted by Gasteiger charge is 2.06. The third-order valence-corrected chi connectivity index (χ3v) is 2.16. The van der Waals surface area contributed by atoms with Crippen LogP contribution in [0.2, 0.25) is 10.0 Å². The third-order valence-electron chi connectivity index (χ3n) is 1.60. The molecule has 0 aliphatic heterocycles. The van der Waals surface area contributed by atoms with Crippen molar-refractivity contribution in [1.82, 2.24) is 5.32 Å². The summed E-state index contributed by atoms with van der Waals surface area (Å²) >= 11 is 11.7. The van der Waals surface area contributed by atoms with Crippen LogP contribution in [-0.4, -0.2) is 12.1 Å². The zero-order chi connectivity index (χ0) is 11.4. The van der Waals surface area contributed by atoms with E-state index >= 15 is 0 Å². The largest absolute Gasteiger partial charge is 0.336 e. The number of nitrogens with one attached hydrogen (secondary N) is 2. The Morgan fingerprint density at radius 3 is 2.60 bits per heavy atom. The number of carbonyl (C=O) groups excluding carboxylic acids is 1. The highest BCUT2D eigenvalue weighted by atomic mass is 35.5. The molecule has 0 bridgehead atoms. The van der Waals surface area contributed by atoms with Crippen LogP contribution in [0, 0.1) is 0 Å². The average Bonchev–Trinajstić information content (AvgIpc) is 2.10. The molecule has 0 saturated carbocycles. The van der Waals surface area contributed by atoms with E-state index in [1.54, 1.807) is 18.2 Å². The molecule has 0 radical (unpaired) electrons. The summed E-state index contributed by atoms with van der Waals surface area (Å²) in [5, 5.41) is 6.29. The Labute approximate surface area is 98.8 Å². The predicted molar refractivity (Wildman–Crippen MR) is 63.8 cm³/mol. The molecule has 1 aromatic carbocycles. The van der Waals surface area contributed by atoms with E-state index in [9.17, 15) is 4.79 Å². The van der Waals surface area contributed by atoms with Crippen LogP contribution < -0.4 is 10.6 Å². The first-order valence-corrected chi connectivity index (χ1v) is 5.27. The molecule has 0 heterocycles. The first-order valence-electron chi connectivity index (χ1n) is 4.51. The second-order valence-electron chi connectivity index (χ2n) is 3.38. The fourth-order valence-electron chi connectivity index (χ4n) is 1.01. The van der Waals surface area contributed by atoms with Crippen molar-refractivity contribution in [3.8, 4) is 0 Å². The number of benzene rings is 1. The Morgan fingerprint density at radius 1 is 1.33 bits per heavy atom. The van der Waals surface area contributed by atoms with Crippen LogP contribution in [0.25, 0.3) is 0 Å². The molecule has 1 rings (SSSR count). The SMILES string of the molecule is CC(C)NC(=O)Nc1cc(Cl)ccc1Cl. The number of rotatable bonds is 2. The lowest BCUT2D eigenvalue weighted by molar-refractivity contribution is 0.250. The van der Waals surface area contributed by atoms with Gasteiger partial charge in [0.2, 0.25) is 0 Å². The van der Waals surface area contributed by atoms with Gasteiger partial charge in [0.25, 0.3) is 0 Å². The fraction of sp³-hybridized carbons (Fsp3) is 0.300. The molecular weight excluding hydrogens is 235 g/mol. The molecule has 0 spiro atoms. The molecule has 0 fully saturated rings. The van der Waals surface area contributed by atoms with Gasteiger partial charge in [-0.2, -0.15) is 0 Å². The minimum atomic E-state index is -0.297. The van der Waals surface area contributed by atoms with Crippen molar-refractivity contribution in [3.05, 3.63) is 28.2 Å². The number of anilines is 1. The first kappa shape index (κ1) is 12.1. The average molecular weight is 247 g/mol. The van der Waals surface area contributed by atoms with Crippen LogP contribution >= 0.6 is 23.2 Å². The summed E-state index contributed by atoms with van der Waals surface area (Å²) in [5.41, 5.74) is 0.502. The highest BCUT2D eigenvalue weighted by Crippen LogP contribution is 2.25. The number of carbonyl (C=O) groups is 1. The van der Waals surface area contributed by atoms with Gasteiger partial charge in [-0.15, -0.1) is 0 Å². The van der Waals surface area contributed by atoms with Gasteiger partial charge in [-0.25, -0.2) is 4.79 Å². The lowest BCUT2D eigenvalue weighted by Crippen LogP contribution is -2.34. The molecule has 1 aromatic rings. The van der Waals surface area contributed by atoms with Crippen molar-refractivity contribution in [3.63, 3.8) is 0 Å². The number of urea groups is 1. The minimum Gasteiger partial charge on any atom is -0.336 e. The van der Waals surface area contributed by atoms with E-state index in [2.05, 4.69) is 10.6 Å². The minimum absolute atomic E-state index is 0.0722. The maximum atomic E-state index is 11.4. The fourth-order valence-corrected chi connectivity index (χ4v) is 1.35. The second-order valence-corrected chi connectivity index (χ2v) is 4.22. The van der Waals surface area contributed by atoms with Gasteiger partial charge >= 0.3 is 6.03 Å². The van der Waals surface area contributed by atoms with Crippen LogP contribution in [0.1, 0.15) is 13.8 Å². The highest BCUT2D eigenvalue weighted by molar-refractivity contribution is 6.35. The molecule has 2 amide bonds. The van der Waals surface area contributed by atoms with E-state index in [4.69, 9.17) is 23.2 Å². The smallest absolute Gasteiger partial charge is 0.319 e. The monoisotopic (exact) mass is 246 g/mol. The van der Waals surface area contributed by atoms with Crippen molar-refractivity contribution in [2.24, 2.45) is 0 Å². The van der Waals surface area contributed by atoms with Gasteiger partial charge in [0.1, 0.15) is 0 Å². The van der Waals surface area contributed by atoms with E-state index in [0.717, 1.165) is 0 Å². The van der Waals surface area contributed by atoms with Crippen LogP contribution in [0.15, 0.2) is 18.2 Å². The van der Waals surface area contributed by atoms with Gasteiger partial charge in [-0.3, -0.25) is 0 Å². The van der Waals surface area contributed by atoms with E-state index < -0.39 is 0 Å². The molecule has 0 aliphatic rings. The summed E-state index contributed by atoms with van der Waals surface area (Å²) in [4.78, 5) is 11.4.